The van der Waals surface area contributed by atoms with Gasteiger partial charge >= 0.3 is 6.18 Å². The third kappa shape index (κ3) is 5.41. The molecule has 0 radical (unpaired) electrons. The summed E-state index contributed by atoms with van der Waals surface area (Å²) < 4.78 is 56.8. The van der Waals surface area contributed by atoms with Crippen LogP contribution in [0.5, 0.6) is 0 Å². The van der Waals surface area contributed by atoms with Crippen LogP contribution in [0.2, 0.25) is 0 Å². The highest BCUT2D eigenvalue weighted by Crippen LogP contribution is 2.32. The molecule has 2 aromatic rings. The molecule has 1 heterocycles. The van der Waals surface area contributed by atoms with Gasteiger partial charge in [0, 0.05) is 26.4 Å². The van der Waals surface area contributed by atoms with Gasteiger partial charge in [-0.1, -0.05) is 6.07 Å². The zero-order valence-electron chi connectivity index (χ0n) is 13.9. The fraction of sp³-hybridized carbons (Fsp3) is 0.294. The molecule has 0 unspecified atom stereocenters. The van der Waals surface area contributed by atoms with E-state index in [-0.39, 0.29) is 23.8 Å². The molecule has 0 saturated carbocycles. The number of carbonyl (C=O) groups is 1. The van der Waals surface area contributed by atoms with E-state index in [0.717, 1.165) is 12.1 Å². The van der Waals surface area contributed by atoms with Crippen LogP contribution in [-0.4, -0.2) is 31.2 Å². The summed E-state index contributed by atoms with van der Waals surface area (Å²) in [7, 11) is 1.51. The third-order valence-electron chi connectivity index (χ3n) is 3.45. The number of methoxy groups -OCH3 is 1. The number of pyridine rings is 1. The Morgan fingerprint density at radius 3 is 2.62 bits per heavy atom. The number of hydrogen-bond donors (Lipinski definition) is 2. The first-order chi connectivity index (χ1) is 12.3. The largest absolute Gasteiger partial charge is 0.416 e. The Balaban J connectivity index is 2.01. The summed E-state index contributed by atoms with van der Waals surface area (Å²) in [5.74, 6) is -1.00. The minimum Gasteiger partial charge on any atom is -0.383 e. The zero-order chi connectivity index (χ0) is 19.2. The molecule has 2 rings (SSSR count). The summed E-state index contributed by atoms with van der Waals surface area (Å²) in [4.78, 5) is 15.8. The molecule has 0 aliphatic carbocycles. The summed E-state index contributed by atoms with van der Waals surface area (Å²) in [6.07, 6.45) is -3.35. The van der Waals surface area contributed by atoms with Gasteiger partial charge in [0.15, 0.2) is 0 Å². The number of benzene rings is 1. The Kier molecular flexibility index (Phi) is 6.51. The van der Waals surface area contributed by atoms with Crippen molar-refractivity contribution in [1.82, 2.24) is 10.3 Å². The number of anilines is 1. The van der Waals surface area contributed by atoms with E-state index >= 15 is 0 Å². The van der Waals surface area contributed by atoms with Crippen LogP contribution in [0.3, 0.4) is 0 Å². The maximum Gasteiger partial charge on any atom is 0.416 e. The minimum atomic E-state index is -4.66. The Morgan fingerprint density at radius 1 is 1.23 bits per heavy atom. The molecule has 2 N–H and O–H groups in total. The fourth-order valence-electron chi connectivity index (χ4n) is 2.15. The van der Waals surface area contributed by atoms with E-state index in [1.807, 2.05) is 0 Å². The number of alkyl halides is 3. The van der Waals surface area contributed by atoms with Crippen LogP contribution in [0.25, 0.3) is 0 Å². The van der Waals surface area contributed by atoms with E-state index in [0.29, 0.717) is 24.8 Å². The summed E-state index contributed by atoms with van der Waals surface area (Å²) in [6, 6.07) is 5.46. The van der Waals surface area contributed by atoms with Gasteiger partial charge in [-0.15, -0.1) is 0 Å². The van der Waals surface area contributed by atoms with Crippen molar-refractivity contribution in [1.29, 1.82) is 0 Å². The second-order valence-corrected chi connectivity index (χ2v) is 5.33. The molecule has 0 saturated heterocycles. The molecule has 0 atom stereocenters. The van der Waals surface area contributed by atoms with Gasteiger partial charge in [-0.05, 0) is 29.8 Å². The van der Waals surface area contributed by atoms with Crippen LogP contribution in [0.15, 0.2) is 36.5 Å². The van der Waals surface area contributed by atoms with E-state index in [4.69, 9.17) is 4.74 Å². The number of carbonyl (C=O) groups excluding carboxylic acids is 1. The average Bonchev–Trinajstić information content (AvgIpc) is 2.60. The van der Waals surface area contributed by atoms with Gasteiger partial charge in [0.25, 0.3) is 5.91 Å². The average molecular weight is 371 g/mol. The predicted molar refractivity (Wildman–Crippen MR) is 87.2 cm³/mol. The first-order valence-electron chi connectivity index (χ1n) is 7.64. The lowest BCUT2D eigenvalue weighted by atomic mass is 10.1. The van der Waals surface area contributed by atoms with Gasteiger partial charge in [0.1, 0.15) is 11.6 Å². The van der Waals surface area contributed by atoms with Crippen LogP contribution >= 0.6 is 0 Å². The van der Waals surface area contributed by atoms with Crippen molar-refractivity contribution in [2.24, 2.45) is 0 Å². The quantitative estimate of drug-likeness (QED) is 0.580. The summed E-state index contributed by atoms with van der Waals surface area (Å²) in [5.41, 5.74) is -0.842. The molecule has 0 spiro atoms. The Hall–Kier alpha value is -2.68. The number of amides is 1. The Labute approximate surface area is 147 Å². The Morgan fingerprint density at radius 2 is 2.00 bits per heavy atom. The van der Waals surface area contributed by atoms with E-state index in [1.165, 1.54) is 25.4 Å². The number of nitrogens with zero attached hydrogens (tertiary/aromatic N) is 1. The standard InChI is InChI=1S/C17H17F4N3O2/c1-26-7-6-22-16(25)12-3-5-15(24-10-12)23-9-11-2-4-13(18)8-14(11)17(19,20)21/h2-5,8,10H,6-7,9H2,1H3,(H,22,25)(H,23,24). The van der Waals surface area contributed by atoms with E-state index in [9.17, 15) is 22.4 Å². The number of rotatable bonds is 7. The SMILES string of the molecule is COCCNC(=O)c1ccc(NCc2ccc(F)cc2C(F)(F)F)nc1. The number of ether oxygens (including phenoxy) is 1. The second-order valence-electron chi connectivity index (χ2n) is 5.33. The van der Waals surface area contributed by atoms with Crippen LogP contribution in [0, 0.1) is 5.82 Å². The molecule has 0 aliphatic rings. The molecule has 0 aliphatic heterocycles. The lowest BCUT2D eigenvalue weighted by molar-refractivity contribution is -0.138. The number of halogens is 4. The van der Waals surface area contributed by atoms with Crippen LogP contribution < -0.4 is 10.6 Å². The summed E-state index contributed by atoms with van der Waals surface area (Å²) in [5, 5.41) is 5.35. The molecule has 1 aromatic carbocycles. The molecule has 5 nitrogen and oxygen atoms in total. The third-order valence-corrected chi connectivity index (χ3v) is 3.45. The molecule has 1 aromatic heterocycles. The molecular formula is C17H17F4N3O2. The second kappa shape index (κ2) is 8.61. The Bertz CT molecular complexity index is 749. The minimum absolute atomic E-state index is 0.109. The summed E-state index contributed by atoms with van der Waals surface area (Å²) in [6.45, 7) is 0.527. The molecule has 26 heavy (non-hydrogen) atoms. The lowest BCUT2D eigenvalue weighted by Crippen LogP contribution is -2.27. The van der Waals surface area contributed by atoms with Crippen molar-refractivity contribution in [3.8, 4) is 0 Å². The van der Waals surface area contributed by atoms with Gasteiger partial charge in [0.2, 0.25) is 0 Å². The van der Waals surface area contributed by atoms with E-state index in [2.05, 4.69) is 15.6 Å². The van der Waals surface area contributed by atoms with Gasteiger partial charge in [-0.3, -0.25) is 4.79 Å². The van der Waals surface area contributed by atoms with Gasteiger partial charge < -0.3 is 15.4 Å². The number of hydrogen-bond acceptors (Lipinski definition) is 4. The smallest absolute Gasteiger partial charge is 0.383 e. The highest BCUT2D eigenvalue weighted by atomic mass is 19.4. The van der Waals surface area contributed by atoms with Gasteiger partial charge in [0.05, 0.1) is 17.7 Å². The predicted octanol–water partition coefficient (Wildman–Crippen LogP) is 3.23. The van der Waals surface area contributed by atoms with Crippen molar-refractivity contribution in [2.75, 3.05) is 25.6 Å². The monoisotopic (exact) mass is 371 g/mol. The molecular weight excluding hydrogens is 354 g/mol. The maximum absolute atomic E-state index is 13.1. The van der Waals surface area contributed by atoms with Crippen molar-refractivity contribution >= 4 is 11.7 Å². The number of nitrogens with one attached hydrogen (secondary N) is 2. The molecule has 140 valence electrons. The van der Waals surface area contributed by atoms with Crippen LogP contribution in [0.1, 0.15) is 21.5 Å². The molecule has 1 amide bonds. The zero-order valence-corrected chi connectivity index (χ0v) is 13.9. The normalized spacial score (nSPS) is 11.3. The summed E-state index contributed by atoms with van der Waals surface area (Å²) >= 11 is 0. The van der Waals surface area contributed by atoms with Crippen molar-refractivity contribution in [2.45, 2.75) is 12.7 Å². The highest BCUT2D eigenvalue weighted by Gasteiger charge is 2.33. The number of aromatic nitrogens is 1. The van der Waals surface area contributed by atoms with Crippen LogP contribution in [-0.2, 0) is 17.5 Å². The first-order valence-corrected chi connectivity index (χ1v) is 7.64. The van der Waals surface area contributed by atoms with Crippen molar-refractivity contribution < 1.29 is 27.1 Å². The maximum atomic E-state index is 13.1. The molecule has 0 bridgehead atoms. The molecule has 0 fully saturated rings. The van der Waals surface area contributed by atoms with E-state index < -0.39 is 17.6 Å². The molecule has 9 heteroatoms. The van der Waals surface area contributed by atoms with Crippen molar-refractivity contribution in [3.05, 3.63) is 59.0 Å². The topological polar surface area (TPSA) is 63.2 Å². The fourth-order valence-corrected chi connectivity index (χ4v) is 2.15. The lowest BCUT2D eigenvalue weighted by Gasteiger charge is -2.14. The van der Waals surface area contributed by atoms with Crippen LogP contribution in [0.4, 0.5) is 23.4 Å². The highest BCUT2D eigenvalue weighted by molar-refractivity contribution is 5.94. The first kappa shape index (κ1) is 19.6. The van der Waals surface area contributed by atoms with Gasteiger partial charge in [-0.2, -0.15) is 13.2 Å². The van der Waals surface area contributed by atoms with Crippen molar-refractivity contribution in [3.63, 3.8) is 0 Å². The van der Waals surface area contributed by atoms with Gasteiger partial charge in [-0.25, -0.2) is 9.37 Å². The van der Waals surface area contributed by atoms with E-state index in [1.54, 1.807) is 0 Å².